The fourth-order valence-corrected chi connectivity index (χ4v) is 2.95. The number of ether oxygens (including phenoxy) is 1. The summed E-state index contributed by atoms with van der Waals surface area (Å²) in [6.45, 7) is 3.75. The summed E-state index contributed by atoms with van der Waals surface area (Å²) < 4.78 is 5.85. The monoisotopic (exact) mass is 328 g/mol. The lowest BCUT2D eigenvalue weighted by molar-refractivity contribution is 0.234. The van der Waals surface area contributed by atoms with Crippen LogP contribution in [0.2, 0.25) is 0 Å². The van der Waals surface area contributed by atoms with E-state index in [9.17, 15) is 5.11 Å². The Bertz CT molecular complexity index is 638. The number of aliphatic hydroxyl groups excluding tert-OH is 1. The third-order valence-electron chi connectivity index (χ3n) is 4.19. The molecule has 3 rings (SSSR count). The summed E-state index contributed by atoms with van der Waals surface area (Å²) in [7, 11) is 0. The minimum absolute atomic E-state index is 0.0165. The normalized spacial score (nSPS) is 18.4. The SMILES string of the molecule is CC(CNc1cc(N2CCCC2CO)ncn1)Oc1ccccc1. The van der Waals surface area contributed by atoms with E-state index in [1.807, 2.05) is 43.3 Å². The minimum Gasteiger partial charge on any atom is -0.489 e. The van der Waals surface area contributed by atoms with E-state index >= 15 is 0 Å². The molecule has 2 heterocycles. The third-order valence-corrected chi connectivity index (χ3v) is 4.19. The highest BCUT2D eigenvalue weighted by molar-refractivity contribution is 5.49. The van der Waals surface area contributed by atoms with Crippen molar-refractivity contribution in [2.75, 3.05) is 29.9 Å². The van der Waals surface area contributed by atoms with Gasteiger partial charge in [-0.05, 0) is 31.9 Å². The van der Waals surface area contributed by atoms with Gasteiger partial charge < -0.3 is 20.1 Å². The molecule has 0 aliphatic carbocycles. The second kappa shape index (κ2) is 7.97. The Morgan fingerprint density at radius 2 is 2.17 bits per heavy atom. The van der Waals surface area contributed by atoms with Crippen LogP contribution in [0, 0.1) is 0 Å². The number of para-hydroxylation sites is 1. The fraction of sp³-hybridized carbons (Fsp3) is 0.444. The number of hydrogen-bond acceptors (Lipinski definition) is 6. The predicted molar refractivity (Wildman–Crippen MR) is 94.5 cm³/mol. The lowest BCUT2D eigenvalue weighted by Gasteiger charge is -2.24. The Labute approximate surface area is 142 Å². The average molecular weight is 328 g/mol. The smallest absolute Gasteiger partial charge is 0.134 e. The maximum absolute atomic E-state index is 9.47. The predicted octanol–water partition coefficient (Wildman–Crippen LogP) is 2.32. The first-order chi connectivity index (χ1) is 11.8. The van der Waals surface area contributed by atoms with Gasteiger partial charge in [-0.3, -0.25) is 0 Å². The molecule has 0 bridgehead atoms. The van der Waals surface area contributed by atoms with Crippen molar-refractivity contribution in [2.24, 2.45) is 0 Å². The van der Waals surface area contributed by atoms with Crippen molar-refractivity contribution in [1.82, 2.24) is 9.97 Å². The van der Waals surface area contributed by atoms with Gasteiger partial charge >= 0.3 is 0 Å². The number of nitrogens with one attached hydrogen (secondary N) is 1. The molecule has 2 N–H and O–H groups in total. The van der Waals surface area contributed by atoms with Crippen LogP contribution in [0.1, 0.15) is 19.8 Å². The Balaban J connectivity index is 1.56. The Hall–Kier alpha value is -2.34. The van der Waals surface area contributed by atoms with E-state index < -0.39 is 0 Å². The maximum atomic E-state index is 9.47. The third kappa shape index (κ3) is 4.14. The molecule has 6 nitrogen and oxygen atoms in total. The zero-order valence-corrected chi connectivity index (χ0v) is 13.9. The van der Waals surface area contributed by atoms with Crippen LogP contribution in [0.5, 0.6) is 5.75 Å². The number of anilines is 2. The topological polar surface area (TPSA) is 70.5 Å². The van der Waals surface area contributed by atoms with Gasteiger partial charge in [0, 0.05) is 12.6 Å². The molecule has 1 saturated heterocycles. The second-order valence-corrected chi connectivity index (χ2v) is 6.06. The first-order valence-electron chi connectivity index (χ1n) is 8.41. The summed E-state index contributed by atoms with van der Waals surface area (Å²) in [5, 5.41) is 12.8. The lowest BCUT2D eigenvalue weighted by Crippen LogP contribution is -2.32. The quantitative estimate of drug-likeness (QED) is 0.813. The van der Waals surface area contributed by atoms with Crippen LogP contribution < -0.4 is 15.0 Å². The van der Waals surface area contributed by atoms with Crippen molar-refractivity contribution in [2.45, 2.75) is 31.9 Å². The van der Waals surface area contributed by atoms with Crippen LogP contribution >= 0.6 is 0 Å². The van der Waals surface area contributed by atoms with Crippen LogP contribution in [0.3, 0.4) is 0 Å². The van der Waals surface area contributed by atoms with Gasteiger partial charge in [-0.25, -0.2) is 9.97 Å². The summed E-state index contributed by atoms with van der Waals surface area (Å²) in [5.41, 5.74) is 0. The van der Waals surface area contributed by atoms with Gasteiger partial charge in [0.25, 0.3) is 0 Å². The molecule has 1 aliphatic rings. The van der Waals surface area contributed by atoms with E-state index in [1.165, 1.54) is 0 Å². The van der Waals surface area contributed by atoms with E-state index in [2.05, 4.69) is 20.2 Å². The van der Waals surface area contributed by atoms with E-state index in [1.54, 1.807) is 6.33 Å². The molecule has 1 fully saturated rings. The zero-order valence-electron chi connectivity index (χ0n) is 13.9. The van der Waals surface area contributed by atoms with E-state index in [0.29, 0.717) is 6.54 Å². The molecule has 2 unspecified atom stereocenters. The Kier molecular flexibility index (Phi) is 5.48. The van der Waals surface area contributed by atoms with Crippen molar-refractivity contribution in [1.29, 1.82) is 0 Å². The summed E-state index contributed by atoms with van der Waals surface area (Å²) in [5.74, 6) is 2.49. The molecule has 1 aliphatic heterocycles. The maximum Gasteiger partial charge on any atom is 0.134 e. The largest absolute Gasteiger partial charge is 0.489 e. The van der Waals surface area contributed by atoms with Crippen LogP contribution in [0.15, 0.2) is 42.7 Å². The van der Waals surface area contributed by atoms with Gasteiger partial charge in [0.2, 0.25) is 0 Å². The molecule has 0 radical (unpaired) electrons. The van der Waals surface area contributed by atoms with Gasteiger partial charge in [0.1, 0.15) is 29.8 Å². The summed E-state index contributed by atoms with van der Waals surface area (Å²) in [4.78, 5) is 10.8. The second-order valence-electron chi connectivity index (χ2n) is 6.06. The molecule has 128 valence electrons. The van der Waals surface area contributed by atoms with E-state index in [4.69, 9.17) is 4.74 Å². The van der Waals surface area contributed by atoms with E-state index in [-0.39, 0.29) is 18.8 Å². The molecule has 2 aromatic rings. The standard InChI is InChI=1S/C18H24N4O2/c1-14(24-16-7-3-2-4-8-16)11-19-17-10-18(21-13-20-17)22-9-5-6-15(22)12-23/h2-4,7-8,10,13-15,23H,5-6,9,11-12H2,1H3,(H,19,20,21). The van der Waals surface area contributed by atoms with Gasteiger partial charge in [-0.15, -0.1) is 0 Å². The highest BCUT2D eigenvalue weighted by atomic mass is 16.5. The fourth-order valence-electron chi connectivity index (χ4n) is 2.95. The minimum atomic E-state index is 0.0165. The Morgan fingerprint density at radius 1 is 1.33 bits per heavy atom. The average Bonchev–Trinajstić information content (AvgIpc) is 3.10. The molecule has 0 spiro atoms. The first-order valence-corrected chi connectivity index (χ1v) is 8.41. The highest BCUT2D eigenvalue weighted by Crippen LogP contribution is 2.24. The molecule has 0 amide bonds. The summed E-state index contributed by atoms with van der Waals surface area (Å²) in [6, 6.07) is 11.9. The van der Waals surface area contributed by atoms with Crippen molar-refractivity contribution in [3.05, 3.63) is 42.7 Å². The zero-order chi connectivity index (χ0) is 16.8. The van der Waals surface area contributed by atoms with Crippen molar-refractivity contribution in [3.63, 3.8) is 0 Å². The van der Waals surface area contributed by atoms with Gasteiger partial charge in [-0.1, -0.05) is 18.2 Å². The Morgan fingerprint density at radius 3 is 2.96 bits per heavy atom. The van der Waals surface area contributed by atoms with Crippen LogP contribution in [0.25, 0.3) is 0 Å². The van der Waals surface area contributed by atoms with Crippen LogP contribution in [0.4, 0.5) is 11.6 Å². The molecular formula is C18H24N4O2. The summed E-state index contributed by atoms with van der Waals surface area (Å²) in [6.07, 6.45) is 3.67. The van der Waals surface area contributed by atoms with Crippen molar-refractivity contribution >= 4 is 11.6 Å². The molecule has 1 aromatic carbocycles. The first kappa shape index (κ1) is 16.5. The van der Waals surface area contributed by atoms with Gasteiger partial charge in [-0.2, -0.15) is 0 Å². The number of hydrogen-bond donors (Lipinski definition) is 2. The van der Waals surface area contributed by atoms with Gasteiger partial charge in [0.15, 0.2) is 0 Å². The number of aliphatic hydroxyl groups is 1. The highest BCUT2D eigenvalue weighted by Gasteiger charge is 2.25. The molecular weight excluding hydrogens is 304 g/mol. The molecule has 0 saturated carbocycles. The van der Waals surface area contributed by atoms with Crippen LogP contribution in [-0.4, -0.2) is 46.9 Å². The number of aromatic nitrogens is 2. The number of rotatable bonds is 7. The summed E-state index contributed by atoms with van der Waals surface area (Å²) >= 11 is 0. The van der Waals surface area contributed by atoms with Crippen LogP contribution in [-0.2, 0) is 0 Å². The lowest BCUT2D eigenvalue weighted by atomic mass is 10.2. The van der Waals surface area contributed by atoms with Crippen molar-refractivity contribution < 1.29 is 9.84 Å². The molecule has 1 aromatic heterocycles. The molecule has 2 atom stereocenters. The van der Waals surface area contributed by atoms with Crippen molar-refractivity contribution in [3.8, 4) is 5.75 Å². The van der Waals surface area contributed by atoms with Gasteiger partial charge in [0.05, 0.1) is 19.2 Å². The molecule has 6 heteroatoms. The van der Waals surface area contributed by atoms with E-state index in [0.717, 1.165) is 36.8 Å². The number of nitrogens with zero attached hydrogens (tertiary/aromatic N) is 3. The molecule has 24 heavy (non-hydrogen) atoms. The number of benzene rings is 1.